The summed E-state index contributed by atoms with van der Waals surface area (Å²) in [6.07, 6.45) is 0.287. The zero-order chi connectivity index (χ0) is 19.9. The predicted molar refractivity (Wildman–Crippen MR) is 101 cm³/mol. The summed E-state index contributed by atoms with van der Waals surface area (Å²) in [5, 5.41) is 17.6. The first-order valence-electron chi connectivity index (χ1n) is 8.49. The molecule has 1 atom stereocenters. The van der Waals surface area contributed by atoms with Gasteiger partial charge < -0.3 is 24.6 Å². The highest BCUT2D eigenvalue weighted by Gasteiger charge is 2.23. The van der Waals surface area contributed by atoms with E-state index < -0.39 is 5.92 Å². The highest BCUT2D eigenvalue weighted by molar-refractivity contribution is 5.95. The van der Waals surface area contributed by atoms with E-state index in [0.717, 1.165) is 5.56 Å². The molecule has 0 aliphatic rings. The predicted octanol–water partition coefficient (Wildman–Crippen LogP) is 1.82. The molecule has 28 heavy (non-hydrogen) atoms. The number of hydrogen-bond acceptors (Lipinski definition) is 7. The van der Waals surface area contributed by atoms with Crippen LogP contribution in [0.3, 0.4) is 0 Å². The Bertz CT molecular complexity index is 913. The standard InChI is InChI=1S/C19H21N5O4/c1-26-14-9-7-13(8-10-14)20-19(25)15(18-21-23-24-22-18)11-12-5-4-6-16(27-2)17(12)28-3/h4-10,15H,11H2,1-3H3,(H2,20,21,22,23,24,25)/p-1/t15-/m1/s1. The van der Waals surface area contributed by atoms with Crippen LogP contribution < -0.4 is 24.6 Å². The lowest BCUT2D eigenvalue weighted by molar-refractivity contribution is -0.117. The number of rotatable bonds is 8. The number of methoxy groups -OCH3 is 3. The molecule has 1 aromatic heterocycles. The van der Waals surface area contributed by atoms with Crippen LogP contribution in [0.2, 0.25) is 0 Å². The lowest BCUT2D eigenvalue weighted by Gasteiger charge is -2.19. The van der Waals surface area contributed by atoms with Crippen molar-refractivity contribution in [2.45, 2.75) is 12.3 Å². The molecule has 146 valence electrons. The summed E-state index contributed by atoms with van der Waals surface area (Å²) < 4.78 is 15.9. The summed E-state index contributed by atoms with van der Waals surface area (Å²) in [6.45, 7) is 0. The van der Waals surface area contributed by atoms with Crippen LogP contribution in [-0.4, -0.2) is 42.8 Å². The number of nitrogens with one attached hydrogen (secondary N) is 1. The Morgan fingerprint density at radius 1 is 1.07 bits per heavy atom. The molecular weight excluding hydrogens is 362 g/mol. The van der Waals surface area contributed by atoms with Gasteiger partial charge in [0, 0.05) is 11.5 Å². The monoisotopic (exact) mass is 382 g/mol. The molecule has 9 heteroatoms. The van der Waals surface area contributed by atoms with Crippen molar-refractivity contribution in [2.24, 2.45) is 0 Å². The number of amides is 1. The lowest BCUT2D eigenvalue weighted by atomic mass is 9.96. The third-order valence-corrected chi connectivity index (χ3v) is 4.23. The van der Waals surface area contributed by atoms with Crippen LogP contribution in [0.15, 0.2) is 42.5 Å². The SMILES string of the molecule is COc1ccc(NC(=O)[C@H](Cc2cccc(OC)c2OC)c2nnn[n-]2)cc1. The summed E-state index contributed by atoms with van der Waals surface area (Å²) in [5.41, 5.74) is 1.41. The van der Waals surface area contributed by atoms with Crippen LogP contribution in [0, 0.1) is 0 Å². The highest BCUT2D eigenvalue weighted by atomic mass is 16.5. The van der Waals surface area contributed by atoms with Gasteiger partial charge in [-0.25, -0.2) is 0 Å². The Morgan fingerprint density at radius 3 is 2.46 bits per heavy atom. The van der Waals surface area contributed by atoms with Crippen molar-refractivity contribution in [3.05, 3.63) is 53.9 Å². The number of anilines is 1. The average molecular weight is 382 g/mol. The molecule has 0 saturated heterocycles. The molecule has 0 radical (unpaired) electrons. The Morgan fingerprint density at radius 2 is 1.86 bits per heavy atom. The topological polar surface area (TPSA) is 110 Å². The number of nitrogens with zero attached hydrogens (tertiary/aromatic N) is 4. The molecule has 0 aliphatic heterocycles. The summed E-state index contributed by atoms with van der Waals surface area (Å²) in [7, 11) is 4.69. The number of hydrogen-bond donors (Lipinski definition) is 1. The van der Waals surface area contributed by atoms with Gasteiger partial charge in [0.2, 0.25) is 5.91 Å². The van der Waals surface area contributed by atoms with Gasteiger partial charge in [-0.05, 0) is 42.3 Å². The van der Waals surface area contributed by atoms with Gasteiger partial charge in [0.25, 0.3) is 0 Å². The fourth-order valence-corrected chi connectivity index (χ4v) is 2.83. The van der Waals surface area contributed by atoms with Crippen LogP contribution in [-0.2, 0) is 11.2 Å². The van der Waals surface area contributed by atoms with E-state index in [1.54, 1.807) is 51.7 Å². The molecule has 0 fully saturated rings. The quantitative estimate of drug-likeness (QED) is 0.628. The largest absolute Gasteiger partial charge is 0.497 e. The van der Waals surface area contributed by atoms with E-state index >= 15 is 0 Å². The first-order chi connectivity index (χ1) is 13.7. The van der Waals surface area contributed by atoms with Gasteiger partial charge in [-0.15, -0.1) is 0 Å². The Balaban J connectivity index is 1.87. The van der Waals surface area contributed by atoms with E-state index in [1.165, 1.54) is 0 Å². The smallest absolute Gasteiger partial charge is 0.232 e. The van der Waals surface area contributed by atoms with E-state index in [0.29, 0.717) is 22.9 Å². The summed E-state index contributed by atoms with van der Waals surface area (Å²) in [5.74, 6) is 1.07. The maximum absolute atomic E-state index is 13.0. The fraction of sp³-hybridized carbons (Fsp3) is 0.263. The summed E-state index contributed by atoms with van der Waals surface area (Å²) in [6, 6.07) is 12.5. The number of para-hydroxylation sites is 1. The molecule has 0 saturated carbocycles. The van der Waals surface area contributed by atoms with Gasteiger partial charge in [-0.2, -0.15) is 5.21 Å². The van der Waals surface area contributed by atoms with Gasteiger partial charge in [-0.3, -0.25) is 15.1 Å². The number of benzene rings is 2. The molecule has 1 amide bonds. The molecule has 0 spiro atoms. The van der Waals surface area contributed by atoms with Gasteiger partial charge >= 0.3 is 0 Å². The Kier molecular flexibility index (Phi) is 6.05. The minimum Gasteiger partial charge on any atom is -0.497 e. The third-order valence-electron chi connectivity index (χ3n) is 4.23. The number of carbonyl (C=O) groups is 1. The molecule has 1 N–H and O–H groups in total. The fourth-order valence-electron chi connectivity index (χ4n) is 2.83. The van der Waals surface area contributed by atoms with Crippen molar-refractivity contribution >= 4 is 11.6 Å². The first kappa shape index (κ1) is 19.2. The van der Waals surface area contributed by atoms with Gasteiger partial charge in [0.05, 0.1) is 27.2 Å². The van der Waals surface area contributed by atoms with Crippen LogP contribution in [0.25, 0.3) is 0 Å². The first-order valence-corrected chi connectivity index (χ1v) is 8.49. The molecular formula is C19H20N5O4-. The second-order valence-electron chi connectivity index (χ2n) is 5.86. The zero-order valence-electron chi connectivity index (χ0n) is 15.7. The second kappa shape index (κ2) is 8.85. The van der Waals surface area contributed by atoms with Crippen molar-refractivity contribution < 1.29 is 19.0 Å². The number of tetrazole rings is 1. The van der Waals surface area contributed by atoms with E-state index in [1.807, 2.05) is 12.1 Å². The minimum atomic E-state index is -0.710. The number of carbonyl (C=O) groups excluding carboxylic acids is 1. The van der Waals surface area contributed by atoms with Crippen molar-refractivity contribution in [2.75, 3.05) is 26.6 Å². The zero-order valence-corrected chi connectivity index (χ0v) is 15.7. The van der Waals surface area contributed by atoms with Crippen LogP contribution >= 0.6 is 0 Å². The highest BCUT2D eigenvalue weighted by Crippen LogP contribution is 2.34. The molecule has 0 bridgehead atoms. The average Bonchev–Trinajstić information content (AvgIpc) is 3.26. The molecule has 0 unspecified atom stereocenters. The van der Waals surface area contributed by atoms with Gasteiger partial charge in [0.1, 0.15) is 5.75 Å². The third kappa shape index (κ3) is 4.20. The van der Waals surface area contributed by atoms with Gasteiger partial charge in [0.15, 0.2) is 11.5 Å². The van der Waals surface area contributed by atoms with Crippen molar-refractivity contribution in [1.82, 2.24) is 20.6 Å². The maximum Gasteiger partial charge on any atom is 0.232 e. The normalized spacial score (nSPS) is 11.5. The molecule has 1 heterocycles. The molecule has 2 aromatic carbocycles. The van der Waals surface area contributed by atoms with Crippen LogP contribution in [0.1, 0.15) is 17.3 Å². The van der Waals surface area contributed by atoms with Crippen molar-refractivity contribution in [3.63, 3.8) is 0 Å². The minimum absolute atomic E-state index is 0.232. The number of ether oxygens (including phenoxy) is 3. The molecule has 3 aromatic rings. The van der Waals surface area contributed by atoms with Crippen LogP contribution in [0.4, 0.5) is 5.69 Å². The molecule has 0 aliphatic carbocycles. The van der Waals surface area contributed by atoms with E-state index in [4.69, 9.17) is 14.2 Å². The van der Waals surface area contributed by atoms with Crippen molar-refractivity contribution in [3.8, 4) is 17.2 Å². The van der Waals surface area contributed by atoms with Crippen molar-refractivity contribution in [1.29, 1.82) is 0 Å². The summed E-state index contributed by atoms with van der Waals surface area (Å²) >= 11 is 0. The van der Waals surface area contributed by atoms with Crippen LogP contribution in [0.5, 0.6) is 17.2 Å². The Hall–Kier alpha value is -3.62. The molecule has 3 rings (SSSR count). The van der Waals surface area contributed by atoms with E-state index in [9.17, 15) is 4.79 Å². The Labute approximate surface area is 162 Å². The second-order valence-corrected chi connectivity index (χ2v) is 5.86. The lowest BCUT2D eigenvalue weighted by Crippen LogP contribution is -2.24. The maximum atomic E-state index is 13.0. The van der Waals surface area contributed by atoms with E-state index in [-0.39, 0.29) is 18.2 Å². The van der Waals surface area contributed by atoms with Gasteiger partial charge in [-0.1, -0.05) is 12.1 Å². The molecule has 9 nitrogen and oxygen atoms in total. The number of aromatic nitrogens is 4. The summed E-state index contributed by atoms with van der Waals surface area (Å²) in [4.78, 5) is 13.0. The van der Waals surface area contributed by atoms with E-state index in [2.05, 4.69) is 25.9 Å².